The highest BCUT2D eigenvalue weighted by molar-refractivity contribution is 14.0. The predicted octanol–water partition coefficient (Wildman–Crippen LogP) is 3.47. The SMILES string of the molecule is CN=C(NCc1cccc(N(C)C)c1)NCC(c1ccco1)N1CCCC1.I. The summed E-state index contributed by atoms with van der Waals surface area (Å²) in [7, 11) is 5.92. The summed E-state index contributed by atoms with van der Waals surface area (Å²) in [4.78, 5) is 8.97. The topological polar surface area (TPSA) is 56.0 Å². The number of likely N-dealkylation sites (tertiary alicyclic amines) is 1. The number of nitrogens with zero attached hydrogens (tertiary/aromatic N) is 3. The number of halogens is 1. The Bertz CT molecular complexity index is 726. The van der Waals surface area contributed by atoms with Crippen molar-refractivity contribution in [2.24, 2.45) is 4.99 Å². The second-order valence-electron chi connectivity index (χ2n) is 7.15. The van der Waals surface area contributed by atoms with Gasteiger partial charge in [0.15, 0.2) is 5.96 Å². The van der Waals surface area contributed by atoms with E-state index in [2.05, 4.69) is 69.9 Å². The summed E-state index contributed by atoms with van der Waals surface area (Å²) < 4.78 is 5.69. The van der Waals surface area contributed by atoms with E-state index in [-0.39, 0.29) is 30.0 Å². The fourth-order valence-corrected chi connectivity index (χ4v) is 3.49. The molecule has 2 N–H and O–H groups in total. The van der Waals surface area contributed by atoms with Gasteiger partial charge in [0.05, 0.1) is 12.3 Å². The summed E-state index contributed by atoms with van der Waals surface area (Å²) in [6.07, 6.45) is 4.27. The first-order valence-corrected chi connectivity index (χ1v) is 9.65. The van der Waals surface area contributed by atoms with Crippen LogP contribution in [0.2, 0.25) is 0 Å². The zero-order valence-corrected chi connectivity index (χ0v) is 19.3. The van der Waals surface area contributed by atoms with Crippen molar-refractivity contribution in [3.05, 3.63) is 54.0 Å². The lowest BCUT2D eigenvalue weighted by atomic mass is 10.2. The molecule has 1 unspecified atom stereocenters. The van der Waals surface area contributed by atoms with Gasteiger partial charge in [-0.05, 0) is 55.8 Å². The number of aliphatic imine (C=N–C) groups is 1. The van der Waals surface area contributed by atoms with Crippen LogP contribution >= 0.6 is 24.0 Å². The van der Waals surface area contributed by atoms with E-state index in [1.807, 2.05) is 13.1 Å². The second kappa shape index (κ2) is 11.3. The maximum Gasteiger partial charge on any atom is 0.191 e. The van der Waals surface area contributed by atoms with Gasteiger partial charge in [-0.25, -0.2) is 0 Å². The second-order valence-corrected chi connectivity index (χ2v) is 7.15. The van der Waals surface area contributed by atoms with Gasteiger partial charge in [-0.1, -0.05) is 12.1 Å². The average Bonchev–Trinajstić information content (AvgIpc) is 3.39. The lowest BCUT2D eigenvalue weighted by Crippen LogP contribution is -2.42. The van der Waals surface area contributed by atoms with E-state index in [4.69, 9.17) is 4.42 Å². The third kappa shape index (κ3) is 6.13. The first-order valence-electron chi connectivity index (χ1n) is 9.65. The van der Waals surface area contributed by atoms with Gasteiger partial charge in [0.25, 0.3) is 0 Å². The highest BCUT2D eigenvalue weighted by atomic mass is 127. The minimum Gasteiger partial charge on any atom is -0.468 e. The van der Waals surface area contributed by atoms with Crippen LogP contribution in [-0.4, -0.2) is 51.6 Å². The van der Waals surface area contributed by atoms with Crippen LogP contribution in [0, 0.1) is 0 Å². The quantitative estimate of drug-likeness (QED) is 0.349. The fraction of sp³-hybridized carbons (Fsp3) is 0.476. The molecule has 1 aliphatic rings. The minimum absolute atomic E-state index is 0. The Labute approximate surface area is 185 Å². The number of nitrogens with one attached hydrogen (secondary N) is 2. The van der Waals surface area contributed by atoms with Crippen LogP contribution in [0.1, 0.15) is 30.2 Å². The molecule has 28 heavy (non-hydrogen) atoms. The Morgan fingerprint density at radius 2 is 1.96 bits per heavy atom. The number of rotatable bonds is 7. The molecule has 0 aliphatic carbocycles. The summed E-state index contributed by atoms with van der Waals surface area (Å²) in [5, 5.41) is 6.88. The van der Waals surface area contributed by atoms with E-state index in [0.717, 1.165) is 37.9 Å². The van der Waals surface area contributed by atoms with Gasteiger partial charge < -0.3 is 20.0 Å². The lowest BCUT2D eigenvalue weighted by molar-refractivity contribution is 0.215. The Balaban J connectivity index is 0.00000280. The molecule has 1 saturated heterocycles. The number of anilines is 1. The third-order valence-electron chi connectivity index (χ3n) is 5.03. The number of hydrogen-bond acceptors (Lipinski definition) is 4. The van der Waals surface area contributed by atoms with Gasteiger partial charge in [0, 0.05) is 39.9 Å². The Morgan fingerprint density at radius 3 is 2.61 bits per heavy atom. The van der Waals surface area contributed by atoms with E-state index >= 15 is 0 Å². The summed E-state index contributed by atoms with van der Waals surface area (Å²) in [6, 6.07) is 12.8. The van der Waals surface area contributed by atoms with Crippen LogP contribution in [0.3, 0.4) is 0 Å². The molecule has 0 saturated carbocycles. The zero-order chi connectivity index (χ0) is 19.1. The number of hydrogen-bond donors (Lipinski definition) is 2. The molecular weight excluding hydrogens is 465 g/mol. The van der Waals surface area contributed by atoms with Gasteiger partial charge in [0.1, 0.15) is 5.76 Å². The molecule has 1 atom stereocenters. The van der Waals surface area contributed by atoms with E-state index in [1.165, 1.54) is 24.1 Å². The van der Waals surface area contributed by atoms with Crippen LogP contribution in [0.25, 0.3) is 0 Å². The Kier molecular flexibility index (Phi) is 9.11. The van der Waals surface area contributed by atoms with E-state index < -0.39 is 0 Å². The van der Waals surface area contributed by atoms with Crippen molar-refractivity contribution in [3.63, 3.8) is 0 Å². The predicted molar refractivity (Wildman–Crippen MR) is 127 cm³/mol. The summed E-state index contributed by atoms with van der Waals surface area (Å²) in [5.41, 5.74) is 2.43. The molecule has 1 aliphatic heterocycles. The molecule has 7 heteroatoms. The number of benzene rings is 1. The number of furan rings is 1. The molecule has 0 amide bonds. The highest BCUT2D eigenvalue weighted by Gasteiger charge is 2.25. The van der Waals surface area contributed by atoms with Gasteiger partial charge >= 0.3 is 0 Å². The molecule has 0 radical (unpaired) electrons. The average molecular weight is 497 g/mol. The smallest absolute Gasteiger partial charge is 0.191 e. The summed E-state index contributed by atoms with van der Waals surface area (Å²) >= 11 is 0. The highest BCUT2D eigenvalue weighted by Crippen LogP contribution is 2.24. The maximum absolute atomic E-state index is 5.69. The molecular formula is C21H32IN5O. The first-order chi connectivity index (χ1) is 13.2. The van der Waals surface area contributed by atoms with Crippen LogP contribution in [0.4, 0.5) is 5.69 Å². The molecule has 154 valence electrons. The lowest BCUT2D eigenvalue weighted by Gasteiger charge is -2.26. The van der Waals surface area contributed by atoms with Crippen molar-refractivity contribution in [3.8, 4) is 0 Å². The zero-order valence-electron chi connectivity index (χ0n) is 17.0. The van der Waals surface area contributed by atoms with Crippen LogP contribution < -0.4 is 15.5 Å². The first kappa shape index (κ1) is 22.5. The van der Waals surface area contributed by atoms with E-state index in [9.17, 15) is 0 Å². The maximum atomic E-state index is 5.69. The molecule has 2 heterocycles. The van der Waals surface area contributed by atoms with E-state index in [0.29, 0.717) is 0 Å². The van der Waals surface area contributed by atoms with Crippen LogP contribution in [0.15, 0.2) is 52.1 Å². The van der Waals surface area contributed by atoms with Gasteiger partial charge in [-0.15, -0.1) is 24.0 Å². The molecule has 1 fully saturated rings. The van der Waals surface area contributed by atoms with Gasteiger partial charge in [-0.2, -0.15) is 0 Å². The molecule has 6 nitrogen and oxygen atoms in total. The van der Waals surface area contributed by atoms with Crippen LogP contribution in [0.5, 0.6) is 0 Å². The Hall–Kier alpha value is -1.74. The molecule has 0 bridgehead atoms. The normalized spacial score (nSPS) is 15.8. The minimum atomic E-state index is 0. The Morgan fingerprint density at radius 1 is 1.18 bits per heavy atom. The number of guanidine groups is 1. The van der Waals surface area contributed by atoms with Crippen molar-refractivity contribution >= 4 is 35.6 Å². The summed E-state index contributed by atoms with van der Waals surface area (Å²) in [6.45, 7) is 3.74. The monoisotopic (exact) mass is 497 g/mol. The van der Waals surface area contributed by atoms with Crippen molar-refractivity contribution in [1.82, 2.24) is 15.5 Å². The van der Waals surface area contributed by atoms with Crippen molar-refractivity contribution < 1.29 is 4.42 Å². The molecule has 1 aromatic carbocycles. The molecule has 0 spiro atoms. The van der Waals surface area contributed by atoms with Crippen molar-refractivity contribution in [1.29, 1.82) is 0 Å². The standard InChI is InChI=1S/C21H31N5O.HI/c1-22-21(23-15-17-8-6-9-18(14-17)25(2)3)24-16-19(20-10-7-13-27-20)26-11-4-5-12-26;/h6-10,13-14,19H,4-5,11-12,15-16H2,1-3H3,(H2,22,23,24);1H. The molecule has 1 aromatic heterocycles. The van der Waals surface area contributed by atoms with Crippen molar-refractivity contribution in [2.75, 3.05) is 45.7 Å². The van der Waals surface area contributed by atoms with Gasteiger partial charge in [-0.3, -0.25) is 9.89 Å². The third-order valence-corrected chi connectivity index (χ3v) is 5.03. The van der Waals surface area contributed by atoms with Crippen LogP contribution in [-0.2, 0) is 6.54 Å². The van der Waals surface area contributed by atoms with Gasteiger partial charge in [0.2, 0.25) is 0 Å². The summed E-state index contributed by atoms with van der Waals surface area (Å²) in [5.74, 6) is 1.82. The largest absolute Gasteiger partial charge is 0.468 e. The molecule has 3 rings (SSSR count). The van der Waals surface area contributed by atoms with E-state index in [1.54, 1.807) is 6.26 Å². The fourth-order valence-electron chi connectivity index (χ4n) is 3.49. The molecule has 2 aromatic rings. The van der Waals surface area contributed by atoms with Crippen molar-refractivity contribution in [2.45, 2.75) is 25.4 Å².